The molecule has 2 atom stereocenters. The molecular weight excluding hydrogens is 228 g/mol. The molecule has 0 aliphatic carbocycles. The van der Waals surface area contributed by atoms with Crippen molar-refractivity contribution in [1.82, 2.24) is 10.2 Å². The fourth-order valence-corrected chi connectivity index (χ4v) is 3.20. The third-order valence-electron chi connectivity index (χ3n) is 4.24. The molecule has 2 saturated heterocycles. The summed E-state index contributed by atoms with van der Waals surface area (Å²) in [5.41, 5.74) is 5.43. The van der Waals surface area contributed by atoms with Gasteiger partial charge >= 0.3 is 0 Å². The van der Waals surface area contributed by atoms with Gasteiger partial charge in [-0.15, -0.1) is 0 Å². The summed E-state index contributed by atoms with van der Waals surface area (Å²) >= 11 is 0. The first-order chi connectivity index (χ1) is 8.79. The van der Waals surface area contributed by atoms with E-state index in [9.17, 15) is 0 Å². The number of nitrogens with one attached hydrogen (secondary N) is 1. The average Bonchev–Trinajstić information content (AvgIpc) is 2.85. The Morgan fingerprint density at radius 2 is 2.22 bits per heavy atom. The van der Waals surface area contributed by atoms with Crippen LogP contribution in [-0.4, -0.2) is 47.7 Å². The summed E-state index contributed by atoms with van der Waals surface area (Å²) in [5, 5.41) is 15.1. The highest BCUT2D eigenvalue weighted by Gasteiger charge is 2.31. The zero-order chi connectivity index (χ0) is 12.8. The minimum absolute atomic E-state index is 0.342. The van der Waals surface area contributed by atoms with Crippen molar-refractivity contribution in [3.05, 3.63) is 0 Å². The average molecular weight is 254 g/mol. The fourth-order valence-electron chi connectivity index (χ4n) is 3.20. The van der Waals surface area contributed by atoms with Crippen LogP contribution in [0.3, 0.4) is 0 Å². The van der Waals surface area contributed by atoms with Crippen LogP contribution in [0.1, 0.15) is 44.9 Å². The van der Waals surface area contributed by atoms with E-state index in [1.54, 1.807) is 0 Å². The molecule has 0 bridgehead atoms. The topological polar surface area (TPSA) is 73.9 Å². The molecule has 0 radical (unpaired) electrons. The molecule has 0 aromatic carbocycles. The second kappa shape index (κ2) is 6.95. The molecule has 5 nitrogen and oxygen atoms in total. The number of oxime groups is 1. The monoisotopic (exact) mass is 254 g/mol. The van der Waals surface area contributed by atoms with Crippen molar-refractivity contribution in [3.8, 4) is 0 Å². The summed E-state index contributed by atoms with van der Waals surface area (Å²) < 4.78 is 0. The fraction of sp³-hybridized carbons (Fsp3) is 0.923. The van der Waals surface area contributed by atoms with Crippen LogP contribution in [0.15, 0.2) is 5.16 Å². The van der Waals surface area contributed by atoms with Gasteiger partial charge in [0.05, 0.1) is 0 Å². The molecule has 4 N–H and O–H groups in total. The Morgan fingerprint density at radius 1 is 1.33 bits per heavy atom. The molecule has 2 aliphatic rings. The number of piperidine rings is 1. The van der Waals surface area contributed by atoms with E-state index >= 15 is 0 Å². The number of nitrogens with two attached hydrogens (primary N) is 1. The maximum Gasteiger partial charge on any atom is 0.139 e. The summed E-state index contributed by atoms with van der Waals surface area (Å²) in [7, 11) is 0. The van der Waals surface area contributed by atoms with E-state index in [0.29, 0.717) is 18.3 Å². The highest BCUT2D eigenvalue weighted by molar-refractivity contribution is 5.79. The van der Waals surface area contributed by atoms with E-state index in [1.807, 2.05) is 0 Å². The standard InChI is InChI=1S/C13H26N4O/c14-13(16-18)5-1-2-7-15-11-6-9-17-8-3-4-12(17)10-11/h11-12,15,18H,1-10H2,(H2,14,16). The van der Waals surface area contributed by atoms with Gasteiger partial charge in [-0.3, -0.25) is 0 Å². The predicted octanol–water partition coefficient (Wildman–Crippen LogP) is 1.12. The van der Waals surface area contributed by atoms with Gasteiger partial charge in [0, 0.05) is 18.5 Å². The normalized spacial score (nSPS) is 29.4. The number of rotatable bonds is 6. The van der Waals surface area contributed by atoms with Crippen LogP contribution < -0.4 is 11.1 Å². The van der Waals surface area contributed by atoms with E-state index in [0.717, 1.165) is 25.4 Å². The number of unbranched alkanes of at least 4 members (excludes halogenated alkanes) is 1. The largest absolute Gasteiger partial charge is 0.409 e. The van der Waals surface area contributed by atoms with Gasteiger partial charge in [0.25, 0.3) is 0 Å². The maximum atomic E-state index is 8.42. The molecule has 2 heterocycles. The van der Waals surface area contributed by atoms with E-state index in [-0.39, 0.29) is 0 Å². The molecule has 0 spiro atoms. The first-order valence-corrected chi connectivity index (χ1v) is 7.23. The van der Waals surface area contributed by atoms with Gasteiger partial charge in [-0.25, -0.2) is 0 Å². The Balaban J connectivity index is 1.54. The molecule has 0 amide bonds. The molecule has 0 saturated carbocycles. The lowest BCUT2D eigenvalue weighted by molar-refractivity contribution is 0.167. The zero-order valence-electron chi connectivity index (χ0n) is 11.1. The van der Waals surface area contributed by atoms with Crippen molar-refractivity contribution in [2.75, 3.05) is 19.6 Å². The van der Waals surface area contributed by atoms with Crippen LogP contribution in [0.4, 0.5) is 0 Å². The Kier molecular flexibility index (Phi) is 5.26. The van der Waals surface area contributed by atoms with E-state index < -0.39 is 0 Å². The third kappa shape index (κ3) is 3.85. The van der Waals surface area contributed by atoms with Gasteiger partial charge in [-0.2, -0.15) is 0 Å². The third-order valence-corrected chi connectivity index (χ3v) is 4.24. The lowest BCUT2D eigenvalue weighted by Crippen LogP contribution is -2.45. The second-order valence-corrected chi connectivity index (χ2v) is 5.56. The molecular formula is C13H26N4O. The zero-order valence-corrected chi connectivity index (χ0v) is 11.1. The molecule has 0 aromatic rings. The van der Waals surface area contributed by atoms with Gasteiger partial charge in [-0.05, 0) is 58.2 Å². The maximum absolute atomic E-state index is 8.42. The van der Waals surface area contributed by atoms with Crippen molar-refractivity contribution in [2.45, 2.75) is 57.0 Å². The van der Waals surface area contributed by atoms with Crippen LogP contribution in [0, 0.1) is 0 Å². The predicted molar refractivity (Wildman–Crippen MR) is 72.9 cm³/mol. The van der Waals surface area contributed by atoms with Gasteiger partial charge in [-0.1, -0.05) is 5.16 Å². The first-order valence-electron chi connectivity index (χ1n) is 7.23. The molecule has 2 rings (SSSR count). The van der Waals surface area contributed by atoms with Crippen molar-refractivity contribution in [2.24, 2.45) is 10.9 Å². The SMILES string of the molecule is NC(CCCCNC1CCN2CCCC2C1)=NO. The van der Waals surface area contributed by atoms with Crippen molar-refractivity contribution < 1.29 is 5.21 Å². The number of amidine groups is 1. The molecule has 5 heteroatoms. The number of hydrogen-bond donors (Lipinski definition) is 3. The van der Waals surface area contributed by atoms with Crippen molar-refractivity contribution in [3.63, 3.8) is 0 Å². The van der Waals surface area contributed by atoms with Gasteiger partial charge in [0.15, 0.2) is 0 Å². The highest BCUT2D eigenvalue weighted by Crippen LogP contribution is 2.26. The van der Waals surface area contributed by atoms with Crippen LogP contribution >= 0.6 is 0 Å². The van der Waals surface area contributed by atoms with Crippen LogP contribution in [0.5, 0.6) is 0 Å². The molecule has 0 aromatic heterocycles. The Morgan fingerprint density at radius 3 is 3.06 bits per heavy atom. The summed E-state index contributed by atoms with van der Waals surface area (Å²) in [6.07, 6.45) is 8.17. The highest BCUT2D eigenvalue weighted by atomic mass is 16.4. The lowest BCUT2D eigenvalue weighted by atomic mass is 9.97. The quantitative estimate of drug-likeness (QED) is 0.218. The van der Waals surface area contributed by atoms with Gasteiger partial charge < -0.3 is 21.2 Å². The number of fused-ring (bicyclic) bond motifs is 1. The van der Waals surface area contributed by atoms with Gasteiger partial charge in [0.1, 0.15) is 5.84 Å². The lowest BCUT2D eigenvalue weighted by Gasteiger charge is -2.35. The van der Waals surface area contributed by atoms with Crippen molar-refractivity contribution in [1.29, 1.82) is 0 Å². The molecule has 2 unspecified atom stereocenters. The molecule has 18 heavy (non-hydrogen) atoms. The smallest absolute Gasteiger partial charge is 0.139 e. The van der Waals surface area contributed by atoms with E-state index in [4.69, 9.17) is 10.9 Å². The van der Waals surface area contributed by atoms with E-state index in [1.165, 1.54) is 38.8 Å². The van der Waals surface area contributed by atoms with Crippen molar-refractivity contribution >= 4 is 5.84 Å². The summed E-state index contributed by atoms with van der Waals surface area (Å²) in [5.74, 6) is 0.342. The number of hydrogen-bond acceptors (Lipinski definition) is 4. The Bertz CT molecular complexity index is 282. The summed E-state index contributed by atoms with van der Waals surface area (Å²) in [4.78, 5) is 2.65. The molecule has 2 fully saturated rings. The first kappa shape index (κ1) is 13.6. The van der Waals surface area contributed by atoms with Crippen LogP contribution in [-0.2, 0) is 0 Å². The van der Waals surface area contributed by atoms with Crippen LogP contribution in [0.25, 0.3) is 0 Å². The number of nitrogens with zero attached hydrogens (tertiary/aromatic N) is 2. The molecule has 104 valence electrons. The van der Waals surface area contributed by atoms with Crippen LogP contribution in [0.2, 0.25) is 0 Å². The summed E-state index contributed by atoms with van der Waals surface area (Å²) in [6.45, 7) is 3.64. The van der Waals surface area contributed by atoms with Gasteiger partial charge in [0.2, 0.25) is 0 Å². The second-order valence-electron chi connectivity index (χ2n) is 5.56. The minimum Gasteiger partial charge on any atom is -0.409 e. The molecule has 2 aliphatic heterocycles. The van der Waals surface area contributed by atoms with E-state index in [2.05, 4.69) is 15.4 Å². The Hall–Kier alpha value is -0.810. The Labute approximate surface area is 109 Å². The minimum atomic E-state index is 0.342. The summed E-state index contributed by atoms with van der Waals surface area (Å²) in [6, 6.07) is 1.54.